The van der Waals surface area contributed by atoms with Crippen molar-refractivity contribution in [3.63, 3.8) is 0 Å². The fraction of sp³-hybridized carbons (Fsp3) is 0.154. The van der Waals surface area contributed by atoms with Gasteiger partial charge in [-0.05, 0) is 6.07 Å². The van der Waals surface area contributed by atoms with Crippen LogP contribution in [0.1, 0.15) is 0 Å². The maximum absolute atomic E-state index is 5.30. The molecule has 5 heteroatoms. The molecule has 0 N–H and O–H groups in total. The summed E-state index contributed by atoms with van der Waals surface area (Å²) in [7, 11) is 3.21. The highest BCUT2D eigenvalue weighted by atomic mass is 16.5. The third-order valence-electron chi connectivity index (χ3n) is 2.84. The first kappa shape index (κ1) is 10.7. The molecule has 0 fully saturated rings. The number of nitrogens with zero attached hydrogens (tertiary/aromatic N) is 3. The first-order valence-electron chi connectivity index (χ1n) is 5.44. The highest BCUT2D eigenvalue weighted by Crippen LogP contribution is 2.33. The first-order chi connectivity index (χ1) is 8.83. The van der Waals surface area contributed by atoms with Gasteiger partial charge in [-0.3, -0.25) is 4.98 Å². The molecule has 0 spiro atoms. The summed E-state index contributed by atoms with van der Waals surface area (Å²) in [5.74, 6) is 1.32. The van der Waals surface area contributed by atoms with E-state index in [0.717, 1.165) is 21.8 Å². The second-order valence-electron chi connectivity index (χ2n) is 3.81. The predicted molar refractivity (Wildman–Crippen MR) is 67.9 cm³/mol. The summed E-state index contributed by atoms with van der Waals surface area (Å²) < 4.78 is 10.6. The van der Waals surface area contributed by atoms with E-state index in [9.17, 15) is 0 Å². The summed E-state index contributed by atoms with van der Waals surface area (Å²) in [6.07, 6.45) is 5.02. The lowest BCUT2D eigenvalue weighted by atomic mass is 10.1. The number of rotatable bonds is 2. The van der Waals surface area contributed by atoms with Crippen molar-refractivity contribution in [3.8, 4) is 11.5 Å². The Bertz CT molecular complexity index is 728. The fourth-order valence-electron chi connectivity index (χ4n) is 1.96. The van der Waals surface area contributed by atoms with E-state index in [4.69, 9.17) is 9.47 Å². The van der Waals surface area contributed by atoms with Crippen molar-refractivity contribution >= 4 is 21.8 Å². The van der Waals surface area contributed by atoms with Gasteiger partial charge in [-0.25, -0.2) is 9.97 Å². The van der Waals surface area contributed by atoms with Crippen LogP contribution in [0.4, 0.5) is 0 Å². The van der Waals surface area contributed by atoms with Crippen molar-refractivity contribution in [2.75, 3.05) is 14.2 Å². The van der Waals surface area contributed by atoms with Gasteiger partial charge in [0.2, 0.25) is 0 Å². The zero-order chi connectivity index (χ0) is 12.5. The molecule has 0 aliphatic heterocycles. The molecule has 0 radical (unpaired) electrons. The molecule has 1 aromatic carbocycles. The Morgan fingerprint density at radius 1 is 0.944 bits per heavy atom. The number of ether oxygens (including phenoxy) is 2. The minimum absolute atomic E-state index is 0.658. The van der Waals surface area contributed by atoms with E-state index in [1.165, 1.54) is 6.33 Å². The molecule has 0 saturated heterocycles. The lowest BCUT2D eigenvalue weighted by Crippen LogP contribution is -1.93. The van der Waals surface area contributed by atoms with Crippen LogP contribution in [-0.4, -0.2) is 29.2 Å². The van der Waals surface area contributed by atoms with Gasteiger partial charge in [0, 0.05) is 29.2 Å². The molecule has 90 valence electrons. The monoisotopic (exact) mass is 241 g/mol. The van der Waals surface area contributed by atoms with Crippen LogP contribution in [0.5, 0.6) is 11.5 Å². The molecule has 2 aromatic heterocycles. The van der Waals surface area contributed by atoms with E-state index in [-0.39, 0.29) is 0 Å². The third-order valence-corrected chi connectivity index (χ3v) is 2.84. The van der Waals surface area contributed by atoms with Gasteiger partial charge in [0.25, 0.3) is 0 Å². The first-order valence-corrected chi connectivity index (χ1v) is 5.44. The topological polar surface area (TPSA) is 57.1 Å². The smallest absolute Gasteiger partial charge is 0.162 e. The van der Waals surface area contributed by atoms with Crippen molar-refractivity contribution in [2.24, 2.45) is 0 Å². The molecule has 3 aromatic rings. The number of benzene rings is 1. The fourth-order valence-corrected chi connectivity index (χ4v) is 1.96. The number of pyridine rings is 1. The van der Waals surface area contributed by atoms with Crippen LogP contribution in [0.25, 0.3) is 21.8 Å². The zero-order valence-corrected chi connectivity index (χ0v) is 10.0. The van der Waals surface area contributed by atoms with E-state index in [2.05, 4.69) is 15.0 Å². The second-order valence-corrected chi connectivity index (χ2v) is 3.81. The van der Waals surface area contributed by atoms with Crippen molar-refractivity contribution in [2.45, 2.75) is 0 Å². The van der Waals surface area contributed by atoms with Crippen LogP contribution in [0.2, 0.25) is 0 Å². The molecule has 0 atom stereocenters. The lowest BCUT2D eigenvalue weighted by Gasteiger charge is -2.09. The van der Waals surface area contributed by atoms with Crippen LogP contribution in [0.15, 0.2) is 30.9 Å². The number of hydrogen-bond donors (Lipinski definition) is 0. The average Bonchev–Trinajstić information content (AvgIpc) is 2.45. The molecular formula is C13H11N3O2. The largest absolute Gasteiger partial charge is 0.493 e. The van der Waals surface area contributed by atoms with Crippen molar-refractivity contribution in [3.05, 3.63) is 30.9 Å². The Morgan fingerprint density at radius 3 is 2.50 bits per heavy atom. The summed E-state index contributed by atoms with van der Waals surface area (Å²) in [6, 6.07) is 3.73. The van der Waals surface area contributed by atoms with E-state index in [1.54, 1.807) is 26.6 Å². The average molecular weight is 241 g/mol. The number of fused-ring (bicyclic) bond motifs is 3. The van der Waals surface area contributed by atoms with E-state index in [0.29, 0.717) is 11.5 Å². The Kier molecular flexibility index (Phi) is 2.44. The summed E-state index contributed by atoms with van der Waals surface area (Å²) in [4.78, 5) is 12.7. The zero-order valence-electron chi connectivity index (χ0n) is 10.0. The summed E-state index contributed by atoms with van der Waals surface area (Å²) in [5.41, 5.74) is 1.68. The maximum Gasteiger partial charge on any atom is 0.162 e. The van der Waals surface area contributed by atoms with E-state index in [1.807, 2.05) is 12.1 Å². The molecule has 0 amide bonds. The minimum atomic E-state index is 0.658. The molecule has 0 bridgehead atoms. The Morgan fingerprint density at radius 2 is 1.72 bits per heavy atom. The molecule has 18 heavy (non-hydrogen) atoms. The maximum atomic E-state index is 5.30. The van der Waals surface area contributed by atoms with E-state index >= 15 is 0 Å². The summed E-state index contributed by atoms with van der Waals surface area (Å²) >= 11 is 0. The van der Waals surface area contributed by atoms with Crippen LogP contribution in [-0.2, 0) is 0 Å². The van der Waals surface area contributed by atoms with Crippen molar-refractivity contribution < 1.29 is 9.47 Å². The van der Waals surface area contributed by atoms with Crippen molar-refractivity contribution in [1.82, 2.24) is 15.0 Å². The highest BCUT2D eigenvalue weighted by molar-refractivity contribution is 6.03. The lowest BCUT2D eigenvalue weighted by molar-refractivity contribution is 0.356. The SMILES string of the molecule is COc1cc2ncc3cncnc3c2cc1OC. The van der Waals surface area contributed by atoms with Crippen LogP contribution in [0.3, 0.4) is 0 Å². The Labute approximate surface area is 103 Å². The summed E-state index contributed by atoms with van der Waals surface area (Å²) in [6.45, 7) is 0. The van der Waals surface area contributed by atoms with E-state index < -0.39 is 0 Å². The van der Waals surface area contributed by atoms with Gasteiger partial charge in [0.15, 0.2) is 11.5 Å². The third kappa shape index (κ3) is 1.52. The van der Waals surface area contributed by atoms with Gasteiger partial charge < -0.3 is 9.47 Å². The standard InChI is InChI=1S/C13H11N3O2/c1-17-11-3-9-10(4-12(11)18-2)15-6-8-5-14-7-16-13(8)9/h3-7H,1-2H3. The predicted octanol–water partition coefficient (Wildman–Crippen LogP) is 2.20. The number of methoxy groups -OCH3 is 2. The molecule has 0 aliphatic carbocycles. The molecule has 5 nitrogen and oxygen atoms in total. The van der Waals surface area contributed by atoms with Gasteiger partial charge in [-0.2, -0.15) is 0 Å². The van der Waals surface area contributed by atoms with Crippen LogP contribution in [0, 0.1) is 0 Å². The quantitative estimate of drug-likeness (QED) is 0.644. The number of hydrogen-bond acceptors (Lipinski definition) is 5. The number of aromatic nitrogens is 3. The minimum Gasteiger partial charge on any atom is -0.493 e. The summed E-state index contributed by atoms with van der Waals surface area (Å²) in [5, 5.41) is 1.82. The van der Waals surface area contributed by atoms with Crippen LogP contribution < -0.4 is 9.47 Å². The van der Waals surface area contributed by atoms with Gasteiger partial charge in [-0.15, -0.1) is 0 Å². The second kappa shape index (κ2) is 4.10. The Hall–Kier alpha value is -2.43. The Balaban J connectivity index is 2.43. The van der Waals surface area contributed by atoms with Crippen LogP contribution >= 0.6 is 0 Å². The molecule has 2 heterocycles. The molecule has 0 unspecified atom stereocenters. The molecule has 3 rings (SSSR count). The van der Waals surface area contributed by atoms with Gasteiger partial charge in [0.1, 0.15) is 6.33 Å². The van der Waals surface area contributed by atoms with Gasteiger partial charge >= 0.3 is 0 Å². The van der Waals surface area contributed by atoms with Gasteiger partial charge in [-0.1, -0.05) is 0 Å². The van der Waals surface area contributed by atoms with Gasteiger partial charge in [0.05, 0.1) is 25.3 Å². The molecule has 0 saturated carbocycles. The van der Waals surface area contributed by atoms with Crippen molar-refractivity contribution in [1.29, 1.82) is 0 Å². The normalized spacial score (nSPS) is 10.8. The highest BCUT2D eigenvalue weighted by Gasteiger charge is 2.09. The molecular weight excluding hydrogens is 230 g/mol. The molecule has 0 aliphatic rings.